The molecule has 0 atom stereocenters. The molecule has 0 radical (unpaired) electrons. The maximum absolute atomic E-state index is 14.6. The van der Waals surface area contributed by atoms with E-state index in [4.69, 9.17) is 14.2 Å². The summed E-state index contributed by atoms with van der Waals surface area (Å²) in [7, 11) is -4.69. The monoisotopic (exact) mass is 348 g/mol. The van der Waals surface area contributed by atoms with Crippen LogP contribution < -0.4 is 0 Å². The molecule has 1 N–H and O–H groups in total. The standard InChI is InChI=1S/C15H19F2O5P/c1-4-21-23(20,22-5-2)15(16,17)13-8-6-7-12(10-13)11(3)9-14(18)19/h6-10H,4-5H2,1-3H3,(H,18,19)/b11-9+. The van der Waals surface area contributed by atoms with E-state index in [1.807, 2.05) is 0 Å². The molecule has 0 aliphatic heterocycles. The summed E-state index contributed by atoms with van der Waals surface area (Å²) in [4.78, 5) is 10.7. The van der Waals surface area contributed by atoms with Crippen molar-refractivity contribution >= 4 is 19.1 Å². The van der Waals surface area contributed by atoms with Crippen LogP contribution in [-0.2, 0) is 24.1 Å². The minimum atomic E-state index is -4.69. The van der Waals surface area contributed by atoms with Gasteiger partial charge >= 0.3 is 19.2 Å². The molecule has 0 saturated heterocycles. The van der Waals surface area contributed by atoms with E-state index in [2.05, 4.69) is 0 Å². The Morgan fingerprint density at radius 3 is 2.35 bits per heavy atom. The molecule has 1 rings (SSSR count). The molecule has 0 spiro atoms. The Morgan fingerprint density at radius 1 is 1.30 bits per heavy atom. The summed E-state index contributed by atoms with van der Waals surface area (Å²) in [5.74, 6) is -1.19. The number of aliphatic carboxylic acids is 1. The van der Waals surface area contributed by atoms with Crippen molar-refractivity contribution in [2.45, 2.75) is 26.4 Å². The van der Waals surface area contributed by atoms with E-state index in [0.717, 1.165) is 18.2 Å². The Balaban J connectivity index is 3.33. The number of alkyl halides is 2. The van der Waals surface area contributed by atoms with Gasteiger partial charge in [0.1, 0.15) is 0 Å². The molecule has 0 heterocycles. The molecule has 0 aromatic heterocycles. The smallest absolute Gasteiger partial charge is 0.404 e. The van der Waals surface area contributed by atoms with Crippen LogP contribution in [-0.4, -0.2) is 24.3 Å². The van der Waals surface area contributed by atoms with Gasteiger partial charge in [0, 0.05) is 11.6 Å². The Morgan fingerprint density at radius 2 is 1.87 bits per heavy atom. The highest BCUT2D eigenvalue weighted by Gasteiger charge is 2.54. The van der Waals surface area contributed by atoms with Gasteiger partial charge in [-0.25, -0.2) is 4.79 Å². The van der Waals surface area contributed by atoms with Crippen molar-refractivity contribution in [3.8, 4) is 0 Å². The first kappa shape index (κ1) is 19.5. The van der Waals surface area contributed by atoms with E-state index in [1.54, 1.807) is 0 Å². The molecule has 0 saturated carbocycles. The van der Waals surface area contributed by atoms with E-state index in [1.165, 1.54) is 32.9 Å². The van der Waals surface area contributed by atoms with Gasteiger partial charge in [0.05, 0.1) is 13.2 Å². The molecule has 0 bridgehead atoms. The molecular weight excluding hydrogens is 329 g/mol. The van der Waals surface area contributed by atoms with E-state index in [0.29, 0.717) is 0 Å². The molecule has 128 valence electrons. The fourth-order valence-electron chi connectivity index (χ4n) is 1.92. The quantitative estimate of drug-likeness (QED) is 0.553. The minimum Gasteiger partial charge on any atom is -0.478 e. The third-order valence-corrected chi connectivity index (χ3v) is 5.09. The van der Waals surface area contributed by atoms with Gasteiger partial charge in [-0.05, 0) is 38.0 Å². The first-order valence-corrected chi connectivity index (χ1v) is 8.51. The second-order valence-electron chi connectivity index (χ2n) is 4.62. The van der Waals surface area contributed by atoms with Crippen LogP contribution in [0.4, 0.5) is 8.78 Å². The molecule has 23 heavy (non-hydrogen) atoms. The van der Waals surface area contributed by atoms with Crippen molar-refractivity contribution in [3.05, 3.63) is 41.5 Å². The van der Waals surface area contributed by atoms with Crippen LogP contribution in [0.15, 0.2) is 30.3 Å². The summed E-state index contributed by atoms with van der Waals surface area (Å²) in [5, 5.41) is 8.73. The second-order valence-corrected chi connectivity index (χ2v) is 6.69. The second kappa shape index (κ2) is 7.81. The summed E-state index contributed by atoms with van der Waals surface area (Å²) < 4.78 is 51.1. The zero-order chi connectivity index (χ0) is 17.7. The fourth-order valence-corrected chi connectivity index (χ4v) is 3.45. The van der Waals surface area contributed by atoms with E-state index < -0.39 is 24.8 Å². The largest absolute Gasteiger partial charge is 0.478 e. The van der Waals surface area contributed by atoms with Crippen LogP contribution in [0, 0.1) is 0 Å². The number of hydrogen-bond acceptors (Lipinski definition) is 4. The maximum Gasteiger partial charge on any atom is 0.404 e. The van der Waals surface area contributed by atoms with Gasteiger partial charge in [-0.2, -0.15) is 8.78 Å². The molecule has 0 aliphatic rings. The summed E-state index contributed by atoms with van der Waals surface area (Å²) in [6, 6.07) is 5.00. The van der Waals surface area contributed by atoms with Gasteiger partial charge in [-0.1, -0.05) is 18.2 Å². The average molecular weight is 348 g/mol. The van der Waals surface area contributed by atoms with Gasteiger partial charge < -0.3 is 14.2 Å². The van der Waals surface area contributed by atoms with Crippen LogP contribution in [0.5, 0.6) is 0 Å². The minimum absolute atomic E-state index is 0.190. The van der Waals surface area contributed by atoms with Crippen molar-refractivity contribution < 1.29 is 32.3 Å². The highest BCUT2D eigenvalue weighted by Crippen LogP contribution is 2.66. The third-order valence-electron chi connectivity index (χ3n) is 2.95. The summed E-state index contributed by atoms with van der Waals surface area (Å²) in [5.41, 5.74) is -3.83. The molecule has 0 aliphatic carbocycles. The lowest BCUT2D eigenvalue weighted by atomic mass is 10.0. The fraction of sp³-hybridized carbons (Fsp3) is 0.400. The molecule has 0 unspecified atom stereocenters. The Kier molecular flexibility index (Phi) is 6.62. The van der Waals surface area contributed by atoms with Crippen LogP contribution in [0.2, 0.25) is 0 Å². The number of rotatable bonds is 8. The number of benzene rings is 1. The van der Waals surface area contributed by atoms with Crippen LogP contribution in [0.1, 0.15) is 31.9 Å². The van der Waals surface area contributed by atoms with Crippen LogP contribution >= 0.6 is 7.60 Å². The lowest BCUT2D eigenvalue weighted by Gasteiger charge is -2.26. The Labute approximate surface area is 133 Å². The highest BCUT2D eigenvalue weighted by molar-refractivity contribution is 7.54. The summed E-state index contributed by atoms with van der Waals surface area (Å²) in [6.07, 6.45) is 0.905. The lowest BCUT2D eigenvalue weighted by molar-refractivity contribution is -0.131. The lowest BCUT2D eigenvalue weighted by Crippen LogP contribution is -2.18. The number of carboxylic acid groups (broad SMARTS) is 1. The number of hydrogen-bond donors (Lipinski definition) is 1. The molecule has 5 nitrogen and oxygen atoms in total. The number of allylic oxidation sites excluding steroid dienone is 1. The average Bonchev–Trinajstić information content (AvgIpc) is 2.47. The van der Waals surface area contributed by atoms with Crippen LogP contribution in [0.25, 0.3) is 5.57 Å². The highest BCUT2D eigenvalue weighted by atomic mass is 31.2. The third kappa shape index (κ3) is 4.47. The van der Waals surface area contributed by atoms with Gasteiger partial charge in [-0.15, -0.1) is 0 Å². The molecule has 0 fully saturated rings. The van der Waals surface area contributed by atoms with Gasteiger partial charge in [0.15, 0.2) is 0 Å². The molecule has 8 heteroatoms. The van der Waals surface area contributed by atoms with Crippen molar-refractivity contribution in [1.82, 2.24) is 0 Å². The first-order valence-electron chi connectivity index (χ1n) is 6.97. The molecule has 1 aromatic carbocycles. The SMILES string of the molecule is CCOP(=O)(OCC)C(F)(F)c1cccc(/C(C)=C/C(=O)O)c1. The van der Waals surface area contributed by atoms with Crippen LogP contribution in [0.3, 0.4) is 0 Å². The normalized spacial score (nSPS) is 13.2. The van der Waals surface area contributed by atoms with Crippen molar-refractivity contribution in [2.24, 2.45) is 0 Å². The summed E-state index contributed by atoms with van der Waals surface area (Å²) >= 11 is 0. The Bertz CT molecular complexity index is 633. The van der Waals surface area contributed by atoms with E-state index >= 15 is 0 Å². The molecular formula is C15H19F2O5P. The maximum atomic E-state index is 14.6. The van der Waals surface area contributed by atoms with Crippen molar-refractivity contribution in [1.29, 1.82) is 0 Å². The zero-order valence-electron chi connectivity index (χ0n) is 13.1. The number of halogens is 2. The first-order chi connectivity index (χ1) is 10.7. The van der Waals surface area contributed by atoms with E-state index in [-0.39, 0.29) is 24.4 Å². The molecule has 1 aromatic rings. The van der Waals surface area contributed by atoms with Gasteiger partial charge in [0.25, 0.3) is 0 Å². The zero-order valence-corrected chi connectivity index (χ0v) is 14.0. The Hall–Kier alpha value is -1.56. The van der Waals surface area contributed by atoms with E-state index in [9.17, 15) is 18.1 Å². The summed E-state index contributed by atoms with van der Waals surface area (Å²) in [6.45, 7) is 3.99. The number of carboxylic acids is 1. The van der Waals surface area contributed by atoms with Crippen molar-refractivity contribution in [3.63, 3.8) is 0 Å². The van der Waals surface area contributed by atoms with Crippen molar-refractivity contribution in [2.75, 3.05) is 13.2 Å². The van der Waals surface area contributed by atoms with Gasteiger partial charge in [0.2, 0.25) is 0 Å². The topological polar surface area (TPSA) is 72.8 Å². The predicted octanol–water partition coefficient (Wildman–Crippen LogP) is 4.49. The number of carbonyl (C=O) groups is 1. The predicted molar refractivity (Wildman–Crippen MR) is 82.5 cm³/mol. The van der Waals surface area contributed by atoms with Gasteiger partial charge in [-0.3, -0.25) is 4.57 Å². The molecule has 0 amide bonds.